The molecule has 0 saturated heterocycles. The third-order valence-electron chi connectivity index (χ3n) is 2.88. The molecule has 2 aromatic rings. The lowest BCUT2D eigenvalue weighted by atomic mass is 10.1. The Bertz CT molecular complexity index is 561. The Morgan fingerprint density at radius 1 is 1.32 bits per heavy atom. The molecule has 1 heterocycles. The molecule has 5 heteroatoms. The third-order valence-corrected chi connectivity index (χ3v) is 5.35. The molecule has 0 saturated carbocycles. The second-order valence-corrected chi connectivity index (χ2v) is 7.17. The molecule has 2 nitrogen and oxygen atoms in total. The van der Waals surface area contributed by atoms with Crippen molar-refractivity contribution >= 4 is 50.2 Å². The maximum Gasteiger partial charge on any atom is 0.107 e. The summed E-state index contributed by atoms with van der Waals surface area (Å²) in [7, 11) is 4.10. The predicted octanol–water partition coefficient (Wildman–Crippen LogP) is 5.15. The zero-order valence-corrected chi connectivity index (χ0v) is 14.3. The van der Waals surface area contributed by atoms with Gasteiger partial charge in [-0.1, -0.05) is 11.6 Å². The zero-order chi connectivity index (χ0) is 14.0. The fourth-order valence-corrected chi connectivity index (χ4v) is 3.52. The van der Waals surface area contributed by atoms with Gasteiger partial charge in [0.15, 0.2) is 0 Å². The van der Waals surface area contributed by atoms with E-state index >= 15 is 0 Å². The van der Waals surface area contributed by atoms with Crippen molar-refractivity contribution in [2.24, 2.45) is 0 Å². The third kappa shape index (κ3) is 3.65. The molecule has 1 N–H and O–H groups in total. The van der Waals surface area contributed by atoms with Crippen molar-refractivity contribution in [1.82, 2.24) is 0 Å². The minimum Gasteiger partial charge on any atom is -0.380 e. The molecule has 0 radical (unpaired) electrons. The van der Waals surface area contributed by atoms with Gasteiger partial charge < -0.3 is 10.2 Å². The number of thiophene rings is 1. The van der Waals surface area contributed by atoms with Crippen LogP contribution in [-0.4, -0.2) is 14.1 Å². The summed E-state index contributed by atoms with van der Waals surface area (Å²) in [5.74, 6) is 0. The predicted molar refractivity (Wildman–Crippen MR) is 89.9 cm³/mol. The van der Waals surface area contributed by atoms with Crippen molar-refractivity contribution in [3.63, 3.8) is 0 Å². The van der Waals surface area contributed by atoms with Crippen molar-refractivity contribution in [1.29, 1.82) is 0 Å². The summed E-state index contributed by atoms with van der Waals surface area (Å²) < 4.78 is 1.77. The van der Waals surface area contributed by atoms with Crippen LogP contribution in [0.25, 0.3) is 0 Å². The average Bonchev–Trinajstić information content (AvgIpc) is 2.67. The Kier molecular flexibility index (Phi) is 4.76. The lowest BCUT2D eigenvalue weighted by Gasteiger charge is -2.15. The van der Waals surface area contributed by atoms with E-state index in [4.69, 9.17) is 11.6 Å². The smallest absolute Gasteiger partial charge is 0.107 e. The molecule has 2 rings (SSSR count). The molecule has 0 spiro atoms. The Hall–Kier alpha value is -0.710. The van der Waals surface area contributed by atoms with E-state index in [2.05, 4.69) is 57.3 Å². The molecule has 0 aliphatic rings. The molecular formula is C14H16BrClN2S. The van der Waals surface area contributed by atoms with Crippen LogP contribution in [0.4, 0.5) is 11.4 Å². The Morgan fingerprint density at radius 3 is 2.58 bits per heavy atom. The molecule has 0 amide bonds. The van der Waals surface area contributed by atoms with Crippen molar-refractivity contribution in [2.45, 2.75) is 13.5 Å². The van der Waals surface area contributed by atoms with E-state index in [1.165, 1.54) is 16.1 Å². The molecule has 0 aliphatic heterocycles. The summed E-state index contributed by atoms with van der Waals surface area (Å²) in [6.07, 6.45) is 0. The summed E-state index contributed by atoms with van der Waals surface area (Å²) in [5, 5.41) is 3.45. The summed E-state index contributed by atoms with van der Waals surface area (Å²) >= 11 is 11.1. The molecule has 0 bridgehead atoms. The van der Waals surface area contributed by atoms with Crippen LogP contribution in [0.1, 0.15) is 10.4 Å². The highest BCUT2D eigenvalue weighted by atomic mass is 79.9. The van der Waals surface area contributed by atoms with Gasteiger partial charge in [0.25, 0.3) is 0 Å². The van der Waals surface area contributed by atoms with Gasteiger partial charge in [0.1, 0.15) is 4.34 Å². The number of nitrogens with one attached hydrogen (secondary N) is 1. The number of halogens is 2. The minimum absolute atomic E-state index is 0.790. The second kappa shape index (κ2) is 6.16. The molecule has 102 valence electrons. The van der Waals surface area contributed by atoms with Crippen LogP contribution < -0.4 is 10.2 Å². The number of hydrogen-bond acceptors (Lipinski definition) is 3. The first-order chi connectivity index (χ1) is 8.97. The number of hydrogen-bond donors (Lipinski definition) is 1. The van der Waals surface area contributed by atoms with Crippen LogP contribution in [-0.2, 0) is 6.54 Å². The van der Waals surface area contributed by atoms with E-state index in [9.17, 15) is 0 Å². The fraction of sp³-hybridized carbons (Fsp3) is 0.286. The number of nitrogens with zero attached hydrogens (tertiary/aromatic N) is 1. The lowest BCUT2D eigenvalue weighted by molar-refractivity contribution is 1.12. The standard InChI is InChI=1S/C14H16BrClN2S/c1-9-6-10(18(2)3)4-5-13(9)17-8-11-7-12(15)14(16)19-11/h4-7,17H,8H2,1-3H3. The van der Waals surface area contributed by atoms with Gasteiger partial charge in [-0.25, -0.2) is 0 Å². The highest BCUT2D eigenvalue weighted by Gasteiger charge is 2.06. The largest absolute Gasteiger partial charge is 0.380 e. The SMILES string of the molecule is Cc1cc(N(C)C)ccc1NCc1cc(Br)c(Cl)s1. The van der Waals surface area contributed by atoms with E-state index in [0.29, 0.717) is 0 Å². The van der Waals surface area contributed by atoms with E-state index in [1.54, 1.807) is 11.3 Å². The summed E-state index contributed by atoms with van der Waals surface area (Å²) in [6.45, 7) is 2.91. The number of anilines is 2. The Labute approximate surface area is 131 Å². The van der Waals surface area contributed by atoms with Gasteiger partial charge in [0.2, 0.25) is 0 Å². The van der Waals surface area contributed by atoms with E-state index in [1.807, 2.05) is 14.1 Å². The monoisotopic (exact) mass is 358 g/mol. The fourth-order valence-electron chi connectivity index (χ4n) is 1.79. The molecular weight excluding hydrogens is 344 g/mol. The van der Waals surface area contributed by atoms with Crippen LogP contribution in [0.15, 0.2) is 28.7 Å². The molecule has 0 unspecified atom stereocenters. The molecule has 1 aromatic carbocycles. The lowest BCUT2D eigenvalue weighted by Crippen LogP contribution is -2.09. The molecule has 0 fully saturated rings. The number of aryl methyl sites for hydroxylation is 1. The quantitative estimate of drug-likeness (QED) is 0.812. The zero-order valence-electron chi connectivity index (χ0n) is 11.1. The summed E-state index contributed by atoms with van der Waals surface area (Å²) in [5.41, 5.74) is 3.61. The number of rotatable bonds is 4. The van der Waals surface area contributed by atoms with Crippen molar-refractivity contribution in [2.75, 3.05) is 24.3 Å². The first kappa shape index (κ1) is 14.7. The first-order valence-corrected chi connectivity index (χ1v) is 7.91. The van der Waals surface area contributed by atoms with Crippen molar-refractivity contribution < 1.29 is 0 Å². The van der Waals surface area contributed by atoms with E-state index in [-0.39, 0.29) is 0 Å². The summed E-state index contributed by atoms with van der Waals surface area (Å²) in [6, 6.07) is 8.48. The van der Waals surface area contributed by atoms with Crippen LogP contribution in [0.2, 0.25) is 4.34 Å². The molecule has 1 aromatic heterocycles. The van der Waals surface area contributed by atoms with Gasteiger partial charge in [-0.05, 0) is 52.7 Å². The topological polar surface area (TPSA) is 15.3 Å². The van der Waals surface area contributed by atoms with Crippen LogP contribution in [0.3, 0.4) is 0 Å². The Balaban J connectivity index is 2.07. The van der Waals surface area contributed by atoms with E-state index in [0.717, 1.165) is 21.0 Å². The maximum absolute atomic E-state index is 6.04. The van der Waals surface area contributed by atoms with Gasteiger partial charge in [0.05, 0.1) is 0 Å². The number of benzene rings is 1. The van der Waals surface area contributed by atoms with Gasteiger partial charge in [-0.15, -0.1) is 11.3 Å². The van der Waals surface area contributed by atoms with Crippen molar-refractivity contribution in [3.05, 3.63) is 43.5 Å². The molecule has 0 atom stereocenters. The van der Waals surface area contributed by atoms with Gasteiger partial charge in [-0.3, -0.25) is 0 Å². The minimum atomic E-state index is 0.790. The van der Waals surface area contributed by atoms with Gasteiger partial charge in [-0.2, -0.15) is 0 Å². The first-order valence-electron chi connectivity index (χ1n) is 5.93. The maximum atomic E-state index is 6.04. The van der Waals surface area contributed by atoms with Gasteiger partial charge in [0, 0.05) is 41.4 Å². The summed E-state index contributed by atoms with van der Waals surface area (Å²) in [4.78, 5) is 3.32. The molecule has 19 heavy (non-hydrogen) atoms. The highest BCUT2D eigenvalue weighted by Crippen LogP contribution is 2.32. The normalized spacial score (nSPS) is 10.6. The van der Waals surface area contributed by atoms with E-state index < -0.39 is 0 Å². The Morgan fingerprint density at radius 2 is 2.05 bits per heavy atom. The molecule has 0 aliphatic carbocycles. The second-order valence-electron chi connectivity index (χ2n) is 4.58. The highest BCUT2D eigenvalue weighted by molar-refractivity contribution is 9.10. The average molecular weight is 360 g/mol. The van der Waals surface area contributed by atoms with Gasteiger partial charge >= 0.3 is 0 Å². The van der Waals surface area contributed by atoms with Crippen molar-refractivity contribution in [3.8, 4) is 0 Å². The van der Waals surface area contributed by atoms with Crippen LogP contribution in [0.5, 0.6) is 0 Å². The van der Waals surface area contributed by atoms with Crippen LogP contribution in [0, 0.1) is 6.92 Å². The van der Waals surface area contributed by atoms with Crippen LogP contribution >= 0.6 is 38.9 Å².